The van der Waals surface area contributed by atoms with E-state index in [1.165, 1.54) is 30.3 Å². The second kappa shape index (κ2) is 27.0. The number of esters is 3. The van der Waals surface area contributed by atoms with E-state index < -0.39 is 66.7 Å². The predicted molar refractivity (Wildman–Crippen MR) is 246 cm³/mol. The van der Waals surface area contributed by atoms with E-state index in [1.54, 1.807) is 85.8 Å². The Balaban J connectivity index is 1.32. The van der Waals surface area contributed by atoms with Gasteiger partial charge in [-0.25, -0.2) is 14.7 Å². The maximum absolute atomic E-state index is 14.1. The van der Waals surface area contributed by atoms with Crippen LogP contribution in [0.4, 0.5) is 0 Å². The number of nitrogens with zero attached hydrogens (tertiary/aromatic N) is 1. The van der Waals surface area contributed by atoms with Crippen LogP contribution in [0.5, 0.6) is 5.75 Å². The Morgan fingerprint density at radius 1 is 0.706 bits per heavy atom. The Morgan fingerprint density at radius 3 is 1.90 bits per heavy atom. The van der Waals surface area contributed by atoms with Crippen LogP contribution in [0, 0.1) is 5.92 Å². The summed E-state index contributed by atoms with van der Waals surface area (Å²) in [6, 6.07) is 31.6. The fourth-order valence-corrected chi connectivity index (χ4v) is 7.01. The SMILES string of the molecule is CCCCC[C@@H](C(=O)NCNC(=O)c1ccc(-c2ccc(C(=O)N[C@H](CC(=O)OCc3ccccc3)C(=O)OCc3ccccc3)c(OCC(=O)OCc3ccccc3)c2)o1)[C@@H](CC)N(O)C=O. The summed E-state index contributed by atoms with van der Waals surface area (Å²) in [6.07, 6.45) is 2.90. The summed E-state index contributed by atoms with van der Waals surface area (Å²) in [4.78, 5) is 91.3. The Kier molecular flexibility index (Phi) is 20.3. The number of hydrogen-bond acceptors (Lipinski definition) is 13. The smallest absolute Gasteiger partial charge is 0.344 e. The van der Waals surface area contributed by atoms with E-state index in [2.05, 4.69) is 16.0 Å². The monoisotopic (exact) mass is 932 g/mol. The van der Waals surface area contributed by atoms with Crippen LogP contribution >= 0.6 is 0 Å². The number of rotatable bonds is 27. The summed E-state index contributed by atoms with van der Waals surface area (Å²) in [6.45, 7) is 2.61. The van der Waals surface area contributed by atoms with E-state index in [-0.39, 0.29) is 55.7 Å². The third-order valence-electron chi connectivity index (χ3n) is 10.7. The summed E-state index contributed by atoms with van der Waals surface area (Å²) < 4.78 is 28.0. The molecular formula is C51H56N4O13. The zero-order valence-corrected chi connectivity index (χ0v) is 37.9. The second-order valence-corrected chi connectivity index (χ2v) is 15.6. The fraction of sp³-hybridized carbons (Fsp3) is 0.314. The molecule has 17 heteroatoms. The molecule has 5 rings (SSSR count). The lowest BCUT2D eigenvalue weighted by molar-refractivity contribution is -0.168. The molecule has 4 aromatic carbocycles. The van der Waals surface area contributed by atoms with E-state index in [4.69, 9.17) is 23.4 Å². The highest BCUT2D eigenvalue weighted by molar-refractivity contribution is 6.00. The minimum Gasteiger partial charge on any atom is -0.481 e. The Morgan fingerprint density at radius 2 is 1.31 bits per heavy atom. The molecule has 0 unspecified atom stereocenters. The quantitative estimate of drug-likeness (QED) is 0.00822. The maximum Gasteiger partial charge on any atom is 0.344 e. The first-order valence-corrected chi connectivity index (χ1v) is 22.3. The Bertz CT molecular complexity index is 2430. The van der Waals surface area contributed by atoms with Crippen LogP contribution in [0.2, 0.25) is 0 Å². The van der Waals surface area contributed by atoms with Crippen molar-refractivity contribution in [1.82, 2.24) is 21.0 Å². The van der Waals surface area contributed by atoms with Gasteiger partial charge in [-0.3, -0.25) is 29.2 Å². The van der Waals surface area contributed by atoms with Gasteiger partial charge < -0.3 is 39.3 Å². The van der Waals surface area contributed by atoms with Gasteiger partial charge in [-0.2, -0.15) is 0 Å². The Labute approximate surface area is 394 Å². The first kappa shape index (κ1) is 51.2. The lowest BCUT2D eigenvalue weighted by Gasteiger charge is -2.29. The molecule has 0 saturated heterocycles. The van der Waals surface area contributed by atoms with Crippen LogP contribution in [0.15, 0.2) is 126 Å². The molecule has 4 N–H and O–H groups in total. The molecule has 0 spiro atoms. The molecule has 68 heavy (non-hydrogen) atoms. The minimum atomic E-state index is -1.51. The van der Waals surface area contributed by atoms with Crippen molar-refractivity contribution in [3.05, 3.63) is 149 Å². The molecule has 0 saturated carbocycles. The molecule has 0 aliphatic rings. The van der Waals surface area contributed by atoms with Crippen molar-refractivity contribution in [2.75, 3.05) is 13.3 Å². The number of hydroxylamine groups is 2. The summed E-state index contributed by atoms with van der Waals surface area (Å²) in [7, 11) is 0. The molecule has 0 bridgehead atoms. The summed E-state index contributed by atoms with van der Waals surface area (Å²) in [5, 5.41) is 18.4. The van der Waals surface area contributed by atoms with Gasteiger partial charge in [0.1, 0.15) is 37.4 Å². The number of nitrogens with one attached hydrogen (secondary N) is 3. The molecule has 0 fully saturated rings. The molecule has 4 amide bonds. The lowest BCUT2D eigenvalue weighted by atomic mass is 9.90. The maximum atomic E-state index is 14.1. The first-order valence-electron chi connectivity index (χ1n) is 22.3. The molecule has 0 aliphatic heterocycles. The molecule has 358 valence electrons. The van der Waals surface area contributed by atoms with Crippen molar-refractivity contribution in [2.24, 2.45) is 5.92 Å². The number of furan rings is 1. The minimum absolute atomic E-state index is 0.0370. The molecule has 0 aliphatic carbocycles. The third kappa shape index (κ3) is 16.0. The average Bonchev–Trinajstić information content (AvgIpc) is 3.87. The molecule has 1 heterocycles. The van der Waals surface area contributed by atoms with Crippen LogP contribution < -0.4 is 20.7 Å². The molecule has 3 atom stereocenters. The number of unbranched alkanes of at least 4 members (excludes halogenated alkanes) is 2. The predicted octanol–water partition coefficient (Wildman–Crippen LogP) is 6.67. The highest BCUT2D eigenvalue weighted by Crippen LogP contribution is 2.30. The fourth-order valence-electron chi connectivity index (χ4n) is 7.01. The zero-order valence-electron chi connectivity index (χ0n) is 37.9. The van der Waals surface area contributed by atoms with E-state index >= 15 is 0 Å². The van der Waals surface area contributed by atoms with E-state index in [1.807, 2.05) is 19.1 Å². The standard InChI is InChI=1S/C51H56N4O13/c1-3-5-9-22-39(42(4-2)55(63)34-56)48(59)52-33-53-50(61)44-26-25-43(68-44)38-23-24-40(45(27-38)64-32-47(58)66-30-36-18-12-7-13-19-36)49(60)54-41(51(62)67-31-37-20-14-8-15-21-37)28-46(57)65-29-35-16-10-6-11-17-35/h6-8,10-21,23-27,34,39,41-42,63H,3-5,9,22,28-33H2,1-2H3,(H,52,59)(H,53,61)(H,54,60)/t39-,41-,42-/m1/s1. The topological polar surface area (TPSA) is 229 Å². The number of ether oxygens (including phenoxy) is 4. The molecule has 1 aromatic heterocycles. The average molecular weight is 933 g/mol. The summed E-state index contributed by atoms with van der Waals surface area (Å²) in [5.41, 5.74) is 2.30. The second-order valence-electron chi connectivity index (χ2n) is 15.6. The number of carbonyl (C=O) groups is 7. The first-order chi connectivity index (χ1) is 33.0. The normalized spacial score (nSPS) is 12.0. The summed E-state index contributed by atoms with van der Waals surface area (Å²) >= 11 is 0. The van der Waals surface area contributed by atoms with Gasteiger partial charge in [0.15, 0.2) is 12.4 Å². The van der Waals surface area contributed by atoms with Crippen molar-refractivity contribution in [2.45, 2.75) is 84.3 Å². The van der Waals surface area contributed by atoms with Crippen molar-refractivity contribution in [3.8, 4) is 17.1 Å². The van der Waals surface area contributed by atoms with Crippen LogP contribution in [0.1, 0.15) is 90.0 Å². The van der Waals surface area contributed by atoms with Crippen molar-refractivity contribution in [1.29, 1.82) is 0 Å². The van der Waals surface area contributed by atoms with Crippen LogP contribution in [-0.4, -0.2) is 77.7 Å². The van der Waals surface area contributed by atoms with E-state index in [0.717, 1.165) is 18.4 Å². The largest absolute Gasteiger partial charge is 0.481 e. The van der Waals surface area contributed by atoms with Gasteiger partial charge in [0.25, 0.3) is 11.8 Å². The van der Waals surface area contributed by atoms with Crippen molar-refractivity contribution < 1.29 is 62.1 Å². The third-order valence-corrected chi connectivity index (χ3v) is 10.7. The van der Waals surface area contributed by atoms with Gasteiger partial charge in [-0.05, 0) is 53.8 Å². The van der Waals surface area contributed by atoms with Gasteiger partial charge >= 0.3 is 17.9 Å². The number of amides is 4. The molecule has 0 radical (unpaired) electrons. The zero-order chi connectivity index (χ0) is 48.7. The van der Waals surface area contributed by atoms with Gasteiger partial charge in [-0.1, -0.05) is 130 Å². The van der Waals surface area contributed by atoms with Gasteiger partial charge in [0.2, 0.25) is 12.3 Å². The van der Waals surface area contributed by atoms with Crippen molar-refractivity contribution in [3.63, 3.8) is 0 Å². The molecule has 5 aromatic rings. The van der Waals surface area contributed by atoms with Gasteiger partial charge in [0, 0.05) is 5.56 Å². The Hall–Kier alpha value is -7.79. The highest BCUT2D eigenvalue weighted by atomic mass is 16.6. The number of benzene rings is 4. The highest BCUT2D eigenvalue weighted by Gasteiger charge is 2.31. The van der Waals surface area contributed by atoms with Crippen LogP contribution in [-0.2, 0) is 58.0 Å². The number of carbonyl (C=O) groups excluding carboxylic acids is 7. The van der Waals surface area contributed by atoms with Crippen LogP contribution in [0.3, 0.4) is 0 Å². The molecule has 17 nitrogen and oxygen atoms in total. The summed E-state index contributed by atoms with van der Waals surface area (Å²) in [5.74, 6) is -5.27. The molecular weight excluding hydrogens is 877 g/mol. The van der Waals surface area contributed by atoms with E-state index in [9.17, 15) is 38.8 Å². The van der Waals surface area contributed by atoms with Gasteiger partial charge in [-0.15, -0.1) is 0 Å². The number of hydrogen-bond donors (Lipinski definition) is 4. The van der Waals surface area contributed by atoms with Crippen molar-refractivity contribution >= 4 is 42.0 Å². The van der Waals surface area contributed by atoms with E-state index in [0.29, 0.717) is 41.0 Å². The van der Waals surface area contributed by atoms with Gasteiger partial charge in [0.05, 0.1) is 30.6 Å². The van der Waals surface area contributed by atoms with Crippen LogP contribution in [0.25, 0.3) is 11.3 Å². The lowest BCUT2D eigenvalue weighted by Crippen LogP contribution is -2.47.